The summed E-state index contributed by atoms with van der Waals surface area (Å²) >= 11 is 0. The summed E-state index contributed by atoms with van der Waals surface area (Å²) in [6.07, 6.45) is -3.00. The molecule has 0 atom stereocenters. The van der Waals surface area contributed by atoms with E-state index in [0.29, 0.717) is 0 Å². The molecule has 0 spiro atoms. The molecule has 0 fully saturated rings. The Balaban J connectivity index is 3.33. The first-order chi connectivity index (χ1) is 7.10. The summed E-state index contributed by atoms with van der Waals surface area (Å²) in [5.41, 5.74) is 4.71. The van der Waals surface area contributed by atoms with Gasteiger partial charge in [-0.2, -0.15) is 10.5 Å². The Labute approximate surface area is 84.6 Å². The minimum atomic E-state index is -2.85. The highest BCUT2D eigenvalue weighted by Crippen LogP contribution is 2.24. The summed E-state index contributed by atoms with van der Waals surface area (Å²) in [5.74, 6) is 0. The highest BCUT2D eigenvalue weighted by atomic mass is 19.3. The lowest BCUT2D eigenvalue weighted by Crippen LogP contribution is -2.04. The van der Waals surface area contributed by atoms with Gasteiger partial charge < -0.3 is 5.73 Å². The van der Waals surface area contributed by atoms with Gasteiger partial charge in [0.25, 0.3) is 6.43 Å². The number of nitrogens with zero attached hydrogens (tertiary/aromatic N) is 3. The van der Waals surface area contributed by atoms with E-state index >= 15 is 0 Å². The topological polar surface area (TPSA) is 86.5 Å². The summed E-state index contributed by atoms with van der Waals surface area (Å²) in [6.45, 7) is 0. The van der Waals surface area contributed by atoms with E-state index in [4.69, 9.17) is 16.3 Å². The fraction of sp³-hybridized carbons (Fsp3) is 0.222. The van der Waals surface area contributed by atoms with E-state index in [9.17, 15) is 8.78 Å². The van der Waals surface area contributed by atoms with Crippen LogP contribution < -0.4 is 5.73 Å². The summed E-state index contributed by atoms with van der Waals surface area (Å²) < 4.78 is 24.9. The highest BCUT2D eigenvalue weighted by Gasteiger charge is 2.17. The Morgan fingerprint density at radius 1 is 1.47 bits per heavy atom. The number of pyridine rings is 1. The van der Waals surface area contributed by atoms with Crippen LogP contribution in [0.5, 0.6) is 0 Å². The first-order valence-corrected chi connectivity index (χ1v) is 3.94. The third kappa shape index (κ3) is 2.18. The van der Waals surface area contributed by atoms with Crippen molar-refractivity contribution in [2.75, 3.05) is 5.73 Å². The lowest BCUT2D eigenvalue weighted by atomic mass is 10.1. The molecule has 1 heterocycles. The molecule has 0 aliphatic rings. The molecule has 1 rings (SSSR count). The van der Waals surface area contributed by atoms with Gasteiger partial charge in [-0.3, -0.25) is 0 Å². The quantitative estimate of drug-likeness (QED) is 0.798. The van der Waals surface area contributed by atoms with E-state index in [1.807, 2.05) is 0 Å². The fourth-order valence-electron chi connectivity index (χ4n) is 1.06. The van der Waals surface area contributed by atoms with Crippen molar-refractivity contribution in [2.24, 2.45) is 0 Å². The van der Waals surface area contributed by atoms with Crippen LogP contribution in [0.3, 0.4) is 0 Å². The van der Waals surface area contributed by atoms with Crippen LogP contribution in [0.4, 0.5) is 14.5 Å². The molecule has 0 amide bonds. The Bertz CT molecular complexity index is 456. The fourth-order valence-corrected chi connectivity index (χ4v) is 1.06. The number of nitrogens with two attached hydrogens (primary N) is 1. The van der Waals surface area contributed by atoms with Gasteiger partial charge in [0.2, 0.25) is 0 Å². The number of nitrogen functional groups attached to an aromatic ring is 1. The van der Waals surface area contributed by atoms with Crippen LogP contribution in [0, 0.1) is 22.7 Å². The van der Waals surface area contributed by atoms with Gasteiger partial charge in [0.15, 0.2) is 0 Å². The second-order valence-corrected chi connectivity index (χ2v) is 2.70. The zero-order valence-electron chi connectivity index (χ0n) is 7.54. The minimum Gasteiger partial charge on any atom is -0.397 e. The monoisotopic (exact) mass is 208 g/mol. The maximum absolute atomic E-state index is 12.4. The van der Waals surface area contributed by atoms with Crippen molar-refractivity contribution in [1.82, 2.24) is 4.98 Å². The van der Waals surface area contributed by atoms with E-state index in [0.717, 1.165) is 6.07 Å². The third-order valence-corrected chi connectivity index (χ3v) is 1.74. The molecule has 0 aromatic carbocycles. The molecule has 76 valence electrons. The first kappa shape index (κ1) is 10.9. The lowest BCUT2D eigenvalue weighted by Gasteiger charge is -2.06. The molecule has 6 heteroatoms. The smallest absolute Gasteiger partial charge is 0.281 e. The molecule has 0 aliphatic heterocycles. The predicted octanol–water partition coefficient (Wildman–Crippen LogP) is 1.54. The van der Waals surface area contributed by atoms with Crippen LogP contribution in [-0.4, -0.2) is 4.98 Å². The molecule has 0 unspecified atom stereocenters. The maximum atomic E-state index is 12.4. The van der Waals surface area contributed by atoms with Crippen LogP contribution in [0.1, 0.15) is 23.4 Å². The molecular formula is C9H6F2N4. The zero-order chi connectivity index (χ0) is 11.4. The maximum Gasteiger partial charge on any atom is 0.281 e. The molecule has 15 heavy (non-hydrogen) atoms. The third-order valence-electron chi connectivity index (χ3n) is 1.74. The summed E-state index contributed by atoms with van der Waals surface area (Å²) in [7, 11) is 0. The SMILES string of the molecule is N#CCc1nc(C(F)F)c(C#N)cc1N. The Kier molecular flexibility index (Phi) is 3.14. The van der Waals surface area contributed by atoms with Gasteiger partial charge in [0.05, 0.1) is 29.4 Å². The summed E-state index contributed by atoms with van der Waals surface area (Å²) in [5, 5.41) is 17.0. The van der Waals surface area contributed by atoms with Crippen LogP contribution >= 0.6 is 0 Å². The van der Waals surface area contributed by atoms with E-state index in [1.54, 1.807) is 12.1 Å². The van der Waals surface area contributed by atoms with Gasteiger partial charge in [-0.05, 0) is 6.07 Å². The Morgan fingerprint density at radius 3 is 2.60 bits per heavy atom. The van der Waals surface area contributed by atoms with Gasteiger partial charge in [0.1, 0.15) is 11.8 Å². The molecule has 1 aromatic rings. The number of anilines is 1. The van der Waals surface area contributed by atoms with E-state index in [-0.39, 0.29) is 23.4 Å². The lowest BCUT2D eigenvalue weighted by molar-refractivity contribution is 0.145. The molecular weight excluding hydrogens is 202 g/mol. The average Bonchev–Trinajstić information content (AvgIpc) is 2.20. The van der Waals surface area contributed by atoms with Crippen molar-refractivity contribution in [2.45, 2.75) is 12.8 Å². The second kappa shape index (κ2) is 4.34. The van der Waals surface area contributed by atoms with Gasteiger partial charge in [0, 0.05) is 0 Å². The average molecular weight is 208 g/mol. The molecule has 2 N–H and O–H groups in total. The highest BCUT2D eigenvalue weighted by molar-refractivity contribution is 5.51. The predicted molar refractivity (Wildman–Crippen MR) is 47.6 cm³/mol. The van der Waals surface area contributed by atoms with Gasteiger partial charge >= 0.3 is 0 Å². The number of halogens is 2. The summed E-state index contributed by atoms with van der Waals surface area (Å²) in [6, 6.07) is 4.45. The van der Waals surface area contributed by atoms with E-state index < -0.39 is 12.1 Å². The molecule has 4 nitrogen and oxygen atoms in total. The Morgan fingerprint density at radius 2 is 2.13 bits per heavy atom. The van der Waals surface area contributed by atoms with Gasteiger partial charge in [-0.1, -0.05) is 0 Å². The minimum absolute atomic E-state index is 0.0757. The largest absolute Gasteiger partial charge is 0.397 e. The number of alkyl halides is 2. The van der Waals surface area contributed by atoms with Crippen LogP contribution in [0.2, 0.25) is 0 Å². The van der Waals surface area contributed by atoms with Crippen molar-refractivity contribution >= 4 is 5.69 Å². The van der Waals surface area contributed by atoms with E-state index in [2.05, 4.69) is 4.98 Å². The Hall–Kier alpha value is -2.21. The van der Waals surface area contributed by atoms with Crippen molar-refractivity contribution < 1.29 is 8.78 Å². The first-order valence-electron chi connectivity index (χ1n) is 3.94. The number of nitriles is 2. The normalized spacial score (nSPS) is 9.67. The van der Waals surface area contributed by atoms with Crippen molar-refractivity contribution in [1.29, 1.82) is 10.5 Å². The van der Waals surface area contributed by atoms with Gasteiger partial charge in [-0.25, -0.2) is 13.8 Å². The van der Waals surface area contributed by atoms with Crippen molar-refractivity contribution in [3.63, 3.8) is 0 Å². The number of rotatable bonds is 2. The standard InChI is InChI=1S/C9H6F2N4/c10-9(11)8-5(4-13)3-6(14)7(15-8)1-2-12/h3,9H,1,14H2. The molecule has 0 bridgehead atoms. The van der Waals surface area contributed by atoms with Crippen molar-refractivity contribution in [3.8, 4) is 12.1 Å². The molecule has 0 saturated carbocycles. The van der Waals surface area contributed by atoms with E-state index in [1.165, 1.54) is 0 Å². The number of hydrogen-bond acceptors (Lipinski definition) is 4. The second-order valence-electron chi connectivity index (χ2n) is 2.70. The number of aromatic nitrogens is 1. The van der Waals surface area contributed by atoms with Crippen LogP contribution in [0.15, 0.2) is 6.07 Å². The van der Waals surface area contributed by atoms with Gasteiger partial charge in [-0.15, -0.1) is 0 Å². The zero-order valence-corrected chi connectivity index (χ0v) is 7.54. The molecule has 0 radical (unpaired) electrons. The molecule has 0 aliphatic carbocycles. The van der Waals surface area contributed by atoms with Crippen LogP contribution in [0.25, 0.3) is 0 Å². The number of hydrogen-bond donors (Lipinski definition) is 1. The molecule has 1 aromatic heterocycles. The summed E-state index contributed by atoms with van der Waals surface area (Å²) in [4.78, 5) is 3.51. The molecule has 0 saturated heterocycles. The van der Waals surface area contributed by atoms with Crippen LogP contribution in [-0.2, 0) is 6.42 Å². The van der Waals surface area contributed by atoms with Crippen molar-refractivity contribution in [3.05, 3.63) is 23.0 Å².